The number of non-ortho nitro benzene ring substituents is 1. The van der Waals surface area contributed by atoms with Gasteiger partial charge in [0.1, 0.15) is 0 Å². The molecule has 102 valence electrons. The summed E-state index contributed by atoms with van der Waals surface area (Å²) in [5.74, 6) is -0.163. The second kappa shape index (κ2) is 5.66. The monoisotopic (exact) mass is 328 g/mol. The van der Waals surface area contributed by atoms with Gasteiger partial charge in [-0.3, -0.25) is 14.9 Å². The molecular formula is C12H13BrN2O4. The summed E-state index contributed by atoms with van der Waals surface area (Å²) >= 11 is 3.18. The van der Waals surface area contributed by atoms with Crippen LogP contribution in [0.5, 0.6) is 0 Å². The first-order chi connectivity index (χ1) is 8.99. The number of carbonyl (C=O) groups is 1. The number of rotatable bonds is 5. The summed E-state index contributed by atoms with van der Waals surface area (Å²) in [5.41, 5.74) is 0.0493. The third-order valence-electron chi connectivity index (χ3n) is 3.04. The Balaban J connectivity index is 2.04. The summed E-state index contributed by atoms with van der Waals surface area (Å²) in [4.78, 5) is 22.0. The molecule has 1 fully saturated rings. The molecule has 2 rings (SSSR count). The van der Waals surface area contributed by atoms with Gasteiger partial charge in [-0.2, -0.15) is 0 Å². The number of hydrogen-bond donors (Lipinski definition) is 2. The fraction of sp³-hybridized carbons (Fsp3) is 0.417. The molecule has 0 spiro atoms. The maximum atomic E-state index is 11.9. The molecule has 0 heterocycles. The van der Waals surface area contributed by atoms with Crippen LogP contribution in [0.15, 0.2) is 22.7 Å². The molecule has 6 nitrogen and oxygen atoms in total. The topological polar surface area (TPSA) is 92.5 Å². The number of aliphatic hydroxyl groups is 1. The average molecular weight is 329 g/mol. The van der Waals surface area contributed by atoms with Crippen molar-refractivity contribution in [3.8, 4) is 0 Å². The number of nitro benzene ring substituents is 1. The molecule has 1 aliphatic carbocycles. The second-order valence-electron chi connectivity index (χ2n) is 4.54. The quantitative estimate of drug-likeness (QED) is 0.637. The van der Waals surface area contributed by atoms with Gasteiger partial charge in [0.15, 0.2) is 0 Å². The van der Waals surface area contributed by atoms with Crippen molar-refractivity contribution in [3.63, 3.8) is 0 Å². The van der Waals surface area contributed by atoms with Crippen molar-refractivity contribution in [1.29, 1.82) is 0 Å². The molecule has 1 aromatic rings. The lowest BCUT2D eigenvalue weighted by atomic mass is 10.1. The third kappa shape index (κ3) is 3.51. The van der Waals surface area contributed by atoms with Crippen LogP contribution < -0.4 is 5.32 Å². The van der Waals surface area contributed by atoms with Crippen LogP contribution in [0, 0.1) is 16.0 Å². The van der Waals surface area contributed by atoms with Crippen molar-refractivity contribution in [2.45, 2.75) is 18.9 Å². The molecule has 0 bridgehead atoms. The summed E-state index contributed by atoms with van der Waals surface area (Å²) < 4.78 is 0.483. The van der Waals surface area contributed by atoms with E-state index in [0.717, 1.165) is 12.8 Å². The minimum atomic E-state index is -0.553. The molecular weight excluding hydrogens is 316 g/mol. The van der Waals surface area contributed by atoms with E-state index in [2.05, 4.69) is 21.2 Å². The maximum absolute atomic E-state index is 11.9. The second-order valence-corrected chi connectivity index (χ2v) is 5.39. The van der Waals surface area contributed by atoms with Gasteiger partial charge in [0.05, 0.1) is 16.6 Å². The first-order valence-electron chi connectivity index (χ1n) is 5.89. The van der Waals surface area contributed by atoms with Crippen molar-refractivity contribution in [2.24, 2.45) is 5.92 Å². The molecule has 1 saturated carbocycles. The molecule has 1 unspecified atom stereocenters. The molecule has 1 aliphatic rings. The fourth-order valence-corrected chi connectivity index (χ4v) is 2.17. The molecule has 19 heavy (non-hydrogen) atoms. The molecule has 1 aromatic carbocycles. The van der Waals surface area contributed by atoms with E-state index in [-0.39, 0.29) is 23.7 Å². The molecule has 0 aromatic heterocycles. The standard InChI is InChI=1S/C12H13BrN2O4/c13-10-4-3-8(15(18)19)5-9(10)12(17)14-6-11(16)7-1-2-7/h3-5,7,11,16H,1-2,6H2,(H,14,17). The van der Waals surface area contributed by atoms with Gasteiger partial charge in [0.2, 0.25) is 0 Å². The van der Waals surface area contributed by atoms with Gasteiger partial charge >= 0.3 is 0 Å². The van der Waals surface area contributed by atoms with E-state index >= 15 is 0 Å². The highest BCUT2D eigenvalue weighted by Crippen LogP contribution is 2.32. The molecule has 1 amide bonds. The lowest BCUT2D eigenvalue weighted by molar-refractivity contribution is -0.384. The van der Waals surface area contributed by atoms with Gasteiger partial charge in [-0.05, 0) is 40.8 Å². The lowest BCUT2D eigenvalue weighted by Crippen LogP contribution is -2.33. The minimum Gasteiger partial charge on any atom is -0.391 e. The molecule has 2 N–H and O–H groups in total. The third-order valence-corrected chi connectivity index (χ3v) is 3.73. The summed E-state index contributed by atoms with van der Waals surface area (Å²) in [6.07, 6.45) is 1.43. The Labute approximate surface area is 118 Å². The van der Waals surface area contributed by atoms with Gasteiger partial charge in [0.25, 0.3) is 11.6 Å². The van der Waals surface area contributed by atoms with Crippen LogP contribution in [0.4, 0.5) is 5.69 Å². The first kappa shape index (κ1) is 14.0. The number of carbonyl (C=O) groups excluding carboxylic acids is 1. The van der Waals surface area contributed by atoms with Crippen molar-refractivity contribution in [1.82, 2.24) is 5.32 Å². The average Bonchev–Trinajstić information content (AvgIpc) is 3.20. The number of nitrogens with zero attached hydrogens (tertiary/aromatic N) is 1. The smallest absolute Gasteiger partial charge is 0.270 e. The van der Waals surface area contributed by atoms with Crippen LogP contribution in [-0.4, -0.2) is 28.6 Å². The van der Waals surface area contributed by atoms with Crippen molar-refractivity contribution in [3.05, 3.63) is 38.3 Å². The largest absolute Gasteiger partial charge is 0.391 e. The van der Waals surface area contributed by atoms with Crippen LogP contribution in [0.25, 0.3) is 0 Å². The molecule has 0 aliphatic heterocycles. The number of benzene rings is 1. The minimum absolute atomic E-state index is 0.143. The van der Waals surface area contributed by atoms with E-state index in [0.29, 0.717) is 4.47 Å². The summed E-state index contributed by atoms with van der Waals surface area (Å²) in [6.45, 7) is 0.165. The van der Waals surface area contributed by atoms with Crippen LogP contribution >= 0.6 is 15.9 Å². The summed E-state index contributed by atoms with van der Waals surface area (Å²) in [6, 6.07) is 3.99. The highest BCUT2D eigenvalue weighted by atomic mass is 79.9. The SMILES string of the molecule is O=C(NCC(O)C1CC1)c1cc([N+](=O)[O-])ccc1Br. The van der Waals surface area contributed by atoms with Crippen LogP contribution in [0.1, 0.15) is 23.2 Å². The van der Waals surface area contributed by atoms with Gasteiger partial charge in [-0.15, -0.1) is 0 Å². The van der Waals surface area contributed by atoms with Crippen molar-refractivity contribution >= 4 is 27.5 Å². The van der Waals surface area contributed by atoms with E-state index in [1.807, 2.05) is 0 Å². The number of aliphatic hydroxyl groups excluding tert-OH is 1. The van der Waals surface area contributed by atoms with Gasteiger partial charge in [0, 0.05) is 23.2 Å². The zero-order chi connectivity index (χ0) is 14.0. The van der Waals surface area contributed by atoms with E-state index in [9.17, 15) is 20.0 Å². The Hall–Kier alpha value is -1.47. The maximum Gasteiger partial charge on any atom is 0.270 e. The van der Waals surface area contributed by atoms with Crippen LogP contribution in [-0.2, 0) is 0 Å². The predicted molar refractivity (Wildman–Crippen MR) is 71.9 cm³/mol. The molecule has 0 saturated heterocycles. The Morgan fingerprint density at radius 1 is 1.58 bits per heavy atom. The van der Waals surface area contributed by atoms with Gasteiger partial charge < -0.3 is 10.4 Å². The van der Waals surface area contributed by atoms with Crippen LogP contribution in [0.2, 0.25) is 0 Å². The first-order valence-corrected chi connectivity index (χ1v) is 6.68. The number of nitro groups is 1. The Bertz CT molecular complexity index is 516. The summed E-state index contributed by atoms with van der Waals surface area (Å²) in [5, 5.41) is 22.9. The van der Waals surface area contributed by atoms with E-state index in [4.69, 9.17) is 0 Å². The van der Waals surface area contributed by atoms with E-state index in [1.54, 1.807) is 0 Å². The number of hydrogen-bond acceptors (Lipinski definition) is 4. The Morgan fingerprint density at radius 3 is 2.84 bits per heavy atom. The van der Waals surface area contributed by atoms with E-state index in [1.165, 1.54) is 18.2 Å². The zero-order valence-electron chi connectivity index (χ0n) is 10.0. The molecule has 0 radical (unpaired) electrons. The Morgan fingerprint density at radius 2 is 2.26 bits per heavy atom. The van der Waals surface area contributed by atoms with Crippen LogP contribution in [0.3, 0.4) is 0 Å². The fourth-order valence-electron chi connectivity index (χ4n) is 1.74. The predicted octanol–water partition coefficient (Wildman–Crippen LogP) is 1.86. The number of halogens is 1. The number of amides is 1. The lowest BCUT2D eigenvalue weighted by Gasteiger charge is -2.11. The normalized spacial score (nSPS) is 15.9. The molecule has 7 heteroatoms. The Kier molecular flexibility index (Phi) is 4.16. The highest BCUT2D eigenvalue weighted by Gasteiger charge is 2.30. The van der Waals surface area contributed by atoms with Gasteiger partial charge in [-0.25, -0.2) is 0 Å². The molecule has 1 atom stereocenters. The van der Waals surface area contributed by atoms with E-state index < -0.39 is 16.9 Å². The zero-order valence-corrected chi connectivity index (χ0v) is 11.6. The number of nitrogens with one attached hydrogen (secondary N) is 1. The highest BCUT2D eigenvalue weighted by molar-refractivity contribution is 9.10. The summed E-state index contributed by atoms with van der Waals surface area (Å²) in [7, 11) is 0. The van der Waals surface area contributed by atoms with Crippen molar-refractivity contribution < 1.29 is 14.8 Å². The van der Waals surface area contributed by atoms with Gasteiger partial charge in [-0.1, -0.05) is 0 Å². The van der Waals surface area contributed by atoms with Crippen molar-refractivity contribution in [2.75, 3.05) is 6.54 Å².